The van der Waals surface area contributed by atoms with E-state index in [9.17, 15) is 9.59 Å². The summed E-state index contributed by atoms with van der Waals surface area (Å²) in [6, 6.07) is -0.249. The molecule has 1 unspecified atom stereocenters. The normalized spacial score (nSPS) is 16.4. The summed E-state index contributed by atoms with van der Waals surface area (Å²) in [7, 11) is 0. The van der Waals surface area contributed by atoms with E-state index in [1.807, 2.05) is 0 Å². The van der Waals surface area contributed by atoms with Gasteiger partial charge in [-0.2, -0.15) is 0 Å². The molecule has 0 radical (unpaired) electrons. The third-order valence-corrected chi connectivity index (χ3v) is 2.14. The molecule has 1 atom stereocenters. The Morgan fingerprint density at radius 2 is 2.21 bits per heavy atom. The van der Waals surface area contributed by atoms with Gasteiger partial charge in [0.25, 0.3) is 5.91 Å². The van der Waals surface area contributed by atoms with E-state index in [0.717, 1.165) is 12.8 Å². The zero-order valence-electron chi connectivity index (χ0n) is 8.04. The third-order valence-electron chi connectivity index (χ3n) is 2.14. The molecular formula is C10H13NO3. The second-order valence-corrected chi connectivity index (χ2v) is 3.39. The molecule has 1 aliphatic carbocycles. The van der Waals surface area contributed by atoms with Crippen LogP contribution in [0.25, 0.3) is 0 Å². The minimum atomic E-state index is -0.883. The van der Waals surface area contributed by atoms with Gasteiger partial charge in [-0.3, -0.25) is 9.59 Å². The molecule has 0 heterocycles. The van der Waals surface area contributed by atoms with Crippen molar-refractivity contribution in [3.8, 4) is 11.8 Å². The van der Waals surface area contributed by atoms with Crippen molar-refractivity contribution in [1.82, 2.24) is 5.32 Å². The van der Waals surface area contributed by atoms with E-state index >= 15 is 0 Å². The van der Waals surface area contributed by atoms with Crippen molar-refractivity contribution in [3.05, 3.63) is 0 Å². The first-order valence-electron chi connectivity index (χ1n) is 4.58. The van der Waals surface area contributed by atoms with Crippen LogP contribution in [0.4, 0.5) is 0 Å². The lowest BCUT2D eigenvalue weighted by molar-refractivity contribution is -0.137. The van der Waals surface area contributed by atoms with Crippen LogP contribution in [0, 0.1) is 17.8 Å². The quantitative estimate of drug-likeness (QED) is 0.637. The van der Waals surface area contributed by atoms with Crippen molar-refractivity contribution in [2.75, 3.05) is 0 Å². The zero-order chi connectivity index (χ0) is 10.6. The van der Waals surface area contributed by atoms with E-state index in [0.29, 0.717) is 5.92 Å². The third kappa shape index (κ3) is 3.48. The van der Waals surface area contributed by atoms with Gasteiger partial charge >= 0.3 is 5.97 Å². The van der Waals surface area contributed by atoms with Crippen molar-refractivity contribution < 1.29 is 14.7 Å². The van der Waals surface area contributed by atoms with E-state index in [-0.39, 0.29) is 18.4 Å². The minimum Gasteiger partial charge on any atom is -0.481 e. The molecule has 0 saturated heterocycles. The van der Waals surface area contributed by atoms with Crippen LogP contribution in [0.3, 0.4) is 0 Å². The summed E-state index contributed by atoms with van der Waals surface area (Å²) < 4.78 is 0. The van der Waals surface area contributed by atoms with Gasteiger partial charge in [-0.1, -0.05) is 5.92 Å². The van der Waals surface area contributed by atoms with Crippen LogP contribution in [0.15, 0.2) is 0 Å². The Kier molecular flexibility index (Phi) is 3.52. The second-order valence-electron chi connectivity index (χ2n) is 3.39. The van der Waals surface area contributed by atoms with Gasteiger partial charge in [-0.05, 0) is 31.6 Å². The van der Waals surface area contributed by atoms with Crippen LogP contribution < -0.4 is 5.32 Å². The molecule has 14 heavy (non-hydrogen) atoms. The standard InChI is InChI=1S/C10H13NO3/c1-2-3-9(12)11-8(6-10(13)14)7-4-5-7/h7-8H,4-6H2,1H3,(H,11,12)(H,13,14). The Morgan fingerprint density at radius 3 is 2.64 bits per heavy atom. The summed E-state index contributed by atoms with van der Waals surface area (Å²) in [6.07, 6.45) is 1.98. The van der Waals surface area contributed by atoms with Crippen LogP contribution in [-0.2, 0) is 9.59 Å². The molecule has 1 amide bonds. The Balaban J connectivity index is 2.45. The number of hydrogen-bond acceptors (Lipinski definition) is 2. The number of amides is 1. The second kappa shape index (κ2) is 4.66. The molecule has 0 aromatic carbocycles. The van der Waals surface area contributed by atoms with Crippen LogP contribution in [-0.4, -0.2) is 23.0 Å². The van der Waals surface area contributed by atoms with Crippen molar-refractivity contribution in [3.63, 3.8) is 0 Å². The molecule has 2 N–H and O–H groups in total. The van der Waals surface area contributed by atoms with Gasteiger partial charge in [0, 0.05) is 6.04 Å². The SMILES string of the molecule is CC#CC(=O)NC(CC(=O)O)C1CC1. The number of hydrogen-bond donors (Lipinski definition) is 2. The van der Waals surface area contributed by atoms with Gasteiger partial charge in [-0.15, -0.1) is 0 Å². The van der Waals surface area contributed by atoms with Crippen LogP contribution in [0.5, 0.6) is 0 Å². The van der Waals surface area contributed by atoms with Gasteiger partial charge in [0.05, 0.1) is 6.42 Å². The number of nitrogens with one attached hydrogen (secondary N) is 1. The summed E-state index contributed by atoms with van der Waals surface area (Å²) >= 11 is 0. The lowest BCUT2D eigenvalue weighted by Crippen LogP contribution is -2.37. The highest BCUT2D eigenvalue weighted by Gasteiger charge is 2.33. The number of rotatable bonds is 4. The van der Waals surface area contributed by atoms with Crippen LogP contribution in [0.1, 0.15) is 26.2 Å². The molecule has 0 bridgehead atoms. The molecule has 1 saturated carbocycles. The maximum atomic E-state index is 11.1. The van der Waals surface area contributed by atoms with Gasteiger partial charge in [0.2, 0.25) is 0 Å². The van der Waals surface area contributed by atoms with Crippen molar-refractivity contribution in [2.45, 2.75) is 32.2 Å². The van der Waals surface area contributed by atoms with Crippen molar-refractivity contribution >= 4 is 11.9 Å². The predicted octanol–water partition coefficient (Wildman–Crippen LogP) is 0.379. The van der Waals surface area contributed by atoms with E-state index < -0.39 is 5.97 Å². The van der Waals surface area contributed by atoms with E-state index in [1.54, 1.807) is 6.92 Å². The first kappa shape index (κ1) is 10.6. The van der Waals surface area contributed by atoms with Crippen molar-refractivity contribution in [2.24, 2.45) is 5.92 Å². The number of carboxylic acid groups (broad SMARTS) is 1. The van der Waals surface area contributed by atoms with E-state index in [2.05, 4.69) is 17.2 Å². The monoisotopic (exact) mass is 195 g/mol. The molecule has 76 valence electrons. The van der Waals surface area contributed by atoms with Crippen LogP contribution >= 0.6 is 0 Å². The molecule has 0 aromatic heterocycles. The Labute approximate surface area is 82.7 Å². The average Bonchev–Trinajstić information content (AvgIpc) is 2.84. The topological polar surface area (TPSA) is 66.4 Å². The van der Waals surface area contributed by atoms with Crippen LogP contribution in [0.2, 0.25) is 0 Å². The Morgan fingerprint density at radius 1 is 1.57 bits per heavy atom. The van der Waals surface area contributed by atoms with Crippen molar-refractivity contribution in [1.29, 1.82) is 0 Å². The molecular weight excluding hydrogens is 182 g/mol. The number of carboxylic acids is 1. The summed E-state index contributed by atoms with van der Waals surface area (Å²) in [4.78, 5) is 21.6. The zero-order valence-corrected chi connectivity index (χ0v) is 8.04. The highest BCUT2D eigenvalue weighted by molar-refractivity contribution is 5.93. The maximum absolute atomic E-state index is 11.1. The van der Waals surface area contributed by atoms with Gasteiger partial charge in [-0.25, -0.2) is 0 Å². The average molecular weight is 195 g/mol. The molecule has 1 aliphatic rings. The molecule has 4 nitrogen and oxygen atoms in total. The van der Waals surface area contributed by atoms with E-state index in [1.165, 1.54) is 0 Å². The summed E-state index contributed by atoms with van der Waals surface area (Å²) in [5, 5.41) is 11.2. The summed E-state index contributed by atoms with van der Waals surface area (Å²) in [6.45, 7) is 1.57. The fourth-order valence-electron chi connectivity index (χ4n) is 1.34. The highest BCUT2D eigenvalue weighted by atomic mass is 16.4. The number of carbonyl (C=O) groups excluding carboxylic acids is 1. The van der Waals surface area contributed by atoms with Gasteiger partial charge in [0.1, 0.15) is 0 Å². The van der Waals surface area contributed by atoms with Gasteiger partial charge < -0.3 is 10.4 Å². The summed E-state index contributed by atoms with van der Waals surface area (Å²) in [5.41, 5.74) is 0. The largest absolute Gasteiger partial charge is 0.481 e. The molecule has 4 heteroatoms. The fraction of sp³-hybridized carbons (Fsp3) is 0.600. The Hall–Kier alpha value is -1.50. The molecule has 0 aromatic rings. The predicted molar refractivity (Wildman–Crippen MR) is 50.4 cm³/mol. The molecule has 0 spiro atoms. The first-order valence-corrected chi connectivity index (χ1v) is 4.58. The smallest absolute Gasteiger partial charge is 0.305 e. The number of aliphatic carboxylic acids is 1. The minimum absolute atomic E-state index is 0.0121. The highest BCUT2D eigenvalue weighted by Crippen LogP contribution is 2.33. The van der Waals surface area contributed by atoms with E-state index in [4.69, 9.17) is 5.11 Å². The molecule has 1 fully saturated rings. The molecule has 1 rings (SSSR count). The lowest BCUT2D eigenvalue weighted by Gasteiger charge is -2.13. The Bertz CT molecular complexity index is 296. The number of carbonyl (C=O) groups is 2. The maximum Gasteiger partial charge on any atom is 0.305 e. The first-order chi connectivity index (χ1) is 6.63. The van der Waals surface area contributed by atoms with Gasteiger partial charge in [0.15, 0.2) is 0 Å². The lowest BCUT2D eigenvalue weighted by atomic mass is 10.1. The fourth-order valence-corrected chi connectivity index (χ4v) is 1.34. The molecule has 0 aliphatic heterocycles. The summed E-state index contributed by atoms with van der Waals surface area (Å²) in [5.74, 6) is 3.88.